The van der Waals surface area contributed by atoms with Gasteiger partial charge in [-0.25, -0.2) is 13.2 Å². The molecule has 0 spiro atoms. The van der Waals surface area contributed by atoms with Crippen molar-refractivity contribution in [2.45, 2.75) is 44.9 Å². The average molecular weight is 405 g/mol. The normalized spacial score (nSPS) is 15.5. The lowest BCUT2D eigenvalue weighted by atomic mass is 9.78. The van der Waals surface area contributed by atoms with Crippen LogP contribution in [0.4, 0.5) is 13.2 Å². The maximum Gasteiger partial charge on any atom is 0.141 e. The number of halogens is 3. The summed E-state index contributed by atoms with van der Waals surface area (Å²) in [5.74, 6) is -1.62. The van der Waals surface area contributed by atoms with Gasteiger partial charge in [0, 0.05) is 5.56 Å². The van der Waals surface area contributed by atoms with E-state index in [-0.39, 0.29) is 17.0 Å². The molecular formula is C26H22F3N. The van der Waals surface area contributed by atoms with Crippen molar-refractivity contribution in [3.63, 3.8) is 0 Å². The van der Waals surface area contributed by atoms with Gasteiger partial charge in [0.05, 0.1) is 5.56 Å². The molecule has 4 heteroatoms. The summed E-state index contributed by atoms with van der Waals surface area (Å²) in [6.07, 6.45) is 3.47. The summed E-state index contributed by atoms with van der Waals surface area (Å²) in [5.41, 5.74) is 4.69. The van der Waals surface area contributed by atoms with Gasteiger partial charge in [0.1, 0.15) is 23.5 Å². The smallest absolute Gasteiger partial charge is 0.141 e. The van der Waals surface area contributed by atoms with Crippen molar-refractivity contribution in [3.8, 4) is 17.2 Å². The van der Waals surface area contributed by atoms with Gasteiger partial charge in [-0.15, -0.1) is 0 Å². The number of aryl methyl sites for hydroxylation is 2. The Morgan fingerprint density at radius 2 is 1.60 bits per heavy atom. The number of hydrogen-bond donors (Lipinski definition) is 0. The number of hydrogen-bond acceptors (Lipinski definition) is 1. The second-order valence-corrected chi connectivity index (χ2v) is 7.95. The standard InChI is InChI=1S/C26H22F3N/c1-2-3-16-10-24(28)26(25(29)11-16)21-8-6-17-12-18(4-5-19(17)13-21)20-7-9-22(15-30)23(27)14-20/h4-5,7,9-12,14,21H,2-3,6,8,13H2,1H3. The molecule has 0 fully saturated rings. The summed E-state index contributed by atoms with van der Waals surface area (Å²) in [4.78, 5) is 0. The summed E-state index contributed by atoms with van der Waals surface area (Å²) >= 11 is 0. The molecule has 0 bridgehead atoms. The highest BCUT2D eigenvalue weighted by Gasteiger charge is 2.26. The van der Waals surface area contributed by atoms with Crippen molar-refractivity contribution < 1.29 is 13.2 Å². The Labute approximate surface area is 174 Å². The first-order chi connectivity index (χ1) is 14.5. The molecule has 30 heavy (non-hydrogen) atoms. The van der Waals surface area contributed by atoms with E-state index < -0.39 is 17.5 Å². The van der Waals surface area contributed by atoms with E-state index >= 15 is 0 Å². The van der Waals surface area contributed by atoms with Crippen LogP contribution >= 0.6 is 0 Å². The zero-order valence-electron chi connectivity index (χ0n) is 16.8. The Morgan fingerprint density at radius 1 is 0.900 bits per heavy atom. The molecule has 1 aliphatic carbocycles. The van der Waals surface area contributed by atoms with Crippen LogP contribution in [0.5, 0.6) is 0 Å². The molecule has 0 aliphatic heterocycles. The van der Waals surface area contributed by atoms with Crippen LogP contribution in [0.2, 0.25) is 0 Å². The highest BCUT2D eigenvalue weighted by Crippen LogP contribution is 2.37. The molecule has 1 nitrogen and oxygen atoms in total. The van der Waals surface area contributed by atoms with E-state index in [1.807, 2.05) is 31.2 Å². The fourth-order valence-corrected chi connectivity index (χ4v) is 4.43. The summed E-state index contributed by atoms with van der Waals surface area (Å²) in [6.45, 7) is 1.99. The highest BCUT2D eigenvalue weighted by molar-refractivity contribution is 5.66. The van der Waals surface area contributed by atoms with Gasteiger partial charge in [0.2, 0.25) is 0 Å². The summed E-state index contributed by atoms with van der Waals surface area (Å²) in [7, 11) is 0. The summed E-state index contributed by atoms with van der Waals surface area (Å²) in [5, 5.41) is 8.89. The minimum Gasteiger partial charge on any atom is -0.207 e. The van der Waals surface area contributed by atoms with Gasteiger partial charge in [0.15, 0.2) is 0 Å². The molecule has 0 saturated carbocycles. The van der Waals surface area contributed by atoms with Crippen LogP contribution in [-0.4, -0.2) is 0 Å². The lowest BCUT2D eigenvalue weighted by Crippen LogP contribution is -2.16. The van der Waals surface area contributed by atoms with Crippen molar-refractivity contribution in [3.05, 3.63) is 93.8 Å². The van der Waals surface area contributed by atoms with Crippen molar-refractivity contribution in [2.24, 2.45) is 0 Å². The van der Waals surface area contributed by atoms with Gasteiger partial charge in [-0.1, -0.05) is 37.6 Å². The molecule has 152 valence electrons. The predicted molar refractivity (Wildman–Crippen MR) is 112 cm³/mol. The molecule has 1 unspecified atom stereocenters. The van der Waals surface area contributed by atoms with E-state index in [1.54, 1.807) is 6.07 Å². The minimum absolute atomic E-state index is 0.0218. The monoisotopic (exact) mass is 405 g/mol. The Bertz CT molecular complexity index is 1120. The molecular weight excluding hydrogens is 383 g/mol. The zero-order chi connectivity index (χ0) is 21.3. The van der Waals surface area contributed by atoms with Gasteiger partial charge in [0.25, 0.3) is 0 Å². The average Bonchev–Trinajstić information content (AvgIpc) is 2.73. The van der Waals surface area contributed by atoms with Gasteiger partial charge in [-0.2, -0.15) is 5.26 Å². The molecule has 0 heterocycles. The maximum atomic E-state index is 14.7. The van der Waals surface area contributed by atoms with E-state index in [0.717, 1.165) is 23.1 Å². The first-order valence-corrected chi connectivity index (χ1v) is 10.3. The Balaban J connectivity index is 1.60. The second kappa shape index (κ2) is 8.36. The van der Waals surface area contributed by atoms with Crippen LogP contribution in [0.15, 0.2) is 48.5 Å². The van der Waals surface area contributed by atoms with Crippen molar-refractivity contribution in [2.75, 3.05) is 0 Å². The van der Waals surface area contributed by atoms with Crippen LogP contribution in [0, 0.1) is 28.8 Å². The van der Waals surface area contributed by atoms with Crippen LogP contribution in [0.1, 0.15) is 53.5 Å². The largest absolute Gasteiger partial charge is 0.207 e. The first-order valence-electron chi connectivity index (χ1n) is 10.3. The first kappa shape index (κ1) is 20.2. The molecule has 0 aromatic heterocycles. The minimum atomic E-state index is -0.537. The summed E-state index contributed by atoms with van der Waals surface area (Å²) in [6, 6.07) is 15.2. The maximum absolute atomic E-state index is 14.7. The fourth-order valence-electron chi connectivity index (χ4n) is 4.43. The lowest BCUT2D eigenvalue weighted by Gasteiger charge is -2.26. The lowest BCUT2D eigenvalue weighted by molar-refractivity contribution is 0.489. The molecule has 1 atom stereocenters. The SMILES string of the molecule is CCCc1cc(F)c(C2CCc3cc(-c4ccc(C#N)c(F)c4)ccc3C2)c(F)c1. The Kier molecular flexibility index (Phi) is 5.63. The van der Waals surface area contributed by atoms with Gasteiger partial charge in [-0.05, 0) is 83.7 Å². The third-order valence-corrected chi connectivity index (χ3v) is 5.94. The van der Waals surface area contributed by atoms with E-state index in [2.05, 4.69) is 0 Å². The quantitative estimate of drug-likeness (QED) is 0.465. The van der Waals surface area contributed by atoms with Crippen molar-refractivity contribution in [1.29, 1.82) is 5.26 Å². The van der Waals surface area contributed by atoms with Crippen LogP contribution in [-0.2, 0) is 19.3 Å². The van der Waals surface area contributed by atoms with Crippen LogP contribution in [0.3, 0.4) is 0 Å². The fraction of sp³-hybridized carbons (Fsp3) is 0.269. The number of nitriles is 1. The van der Waals surface area contributed by atoms with Gasteiger partial charge >= 0.3 is 0 Å². The number of rotatable bonds is 4. The summed E-state index contributed by atoms with van der Waals surface area (Å²) < 4.78 is 43.3. The molecule has 4 rings (SSSR count). The Hall–Kier alpha value is -3.06. The number of benzene rings is 3. The molecule has 3 aromatic rings. The van der Waals surface area contributed by atoms with Crippen molar-refractivity contribution in [1.82, 2.24) is 0 Å². The molecule has 0 radical (unpaired) electrons. The highest BCUT2D eigenvalue weighted by atomic mass is 19.1. The zero-order valence-corrected chi connectivity index (χ0v) is 16.8. The van der Waals surface area contributed by atoms with Crippen LogP contribution in [0.25, 0.3) is 11.1 Å². The third-order valence-electron chi connectivity index (χ3n) is 5.94. The van der Waals surface area contributed by atoms with E-state index in [4.69, 9.17) is 5.26 Å². The van der Waals surface area contributed by atoms with Crippen molar-refractivity contribution >= 4 is 0 Å². The molecule has 1 aliphatic rings. The topological polar surface area (TPSA) is 23.8 Å². The number of nitrogens with zero attached hydrogens (tertiary/aromatic N) is 1. The Morgan fingerprint density at radius 3 is 2.27 bits per heavy atom. The van der Waals surface area contributed by atoms with E-state index in [9.17, 15) is 13.2 Å². The molecule has 3 aromatic carbocycles. The van der Waals surface area contributed by atoms with Gasteiger partial charge in [-0.3, -0.25) is 0 Å². The van der Waals surface area contributed by atoms with Gasteiger partial charge < -0.3 is 0 Å². The van der Waals surface area contributed by atoms with Crippen LogP contribution < -0.4 is 0 Å². The molecule has 0 N–H and O–H groups in total. The van der Waals surface area contributed by atoms with E-state index in [0.29, 0.717) is 36.8 Å². The third kappa shape index (κ3) is 3.85. The van der Waals surface area contributed by atoms with E-state index in [1.165, 1.54) is 24.3 Å². The second-order valence-electron chi connectivity index (χ2n) is 7.95. The molecule has 0 amide bonds. The predicted octanol–water partition coefficient (Wildman–Crippen LogP) is 6.87. The molecule has 0 saturated heterocycles. The number of fused-ring (bicyclic) bond motifs is 1.